The third-order valence-corrected chi connectivity index (χ3v) is 6.45. The number of anilines is 1. The summed E-state index contributed by atoms with van der Waals surface area (Å²) in [6.45, 7) is 5.57. The standard InChI is InChI=1S/C21H23N5S/c1-13-5-3-6-14(2)26(13)12-17-10-18-19(23)24-20(25-21(18)27-17)16-8-4-7-15(9-16)11-22/h4,7-10,13-14H,3,5-6,12H2,1-2H3,(H2,23,24,25)/t13-,14+. The van der Waals surface area contributed by atoms with Crippen molar-refractivity contribution >= 4 is 27.4 Å². The summed E-state index contributed by atoms with van der Waals surface area (Å²) in [6, 6.07) is 12.8. The van der Waals surface area contributed by atoms with Gasteiger partial charge in [0.25, 0.3) is 0 Å². The van der Waals surface area contributed by atoms with Crippen molar-refractivity contribution in [2.75, 3.05) is 5.73 Å². The van der Waals surface area contributed by atoms with Crippen molar-refractivity contribution in [2.45, 2.75) is 51.7 Å². The molecule has 1 aromatic carbocycles. The highest BCUT2D eigenvalue weighted by molar-refractivity contribution is 7.18. The first-order valence-electron chi connectivity index (χ1n) is 9.37. The number of likely N-dealkylation sites (tertiary alicyclic amines) is 1. The molecule has 138 valence electrons. The number of benzene rings is 1. The number of hydrogen-bond donors (Lipinski definition) is 1. The molecule has 0 aliphatic carbocycles. The molecule has 4 rings (SSSR count). The van der Waals surface area contributed by atoms with E-state index < -0.39 is 0 Å². The van der Waals surface area contributed by atoms with E-state index in [0.29, 0.717) is 29.3 Å². The summed E-state index contributed by atoms with van der Waals surface area (Å²) >= 11 is 1.69. The van der Waals surface area contributed by atoms with E-state index >= 15 is 0 Å². The van der Waals surface area contributed by atoms with Gasteiger partial charge in [-0.25, -0.2) is 9.97 Å². The van der Waals surface area contributed by atoms with Gasteiger partial charge in [-0.15, -0.1) is 11.3 Å². The quantitative estimate of drug-likeness (QED) is 0.723. The third-order valence-electron chi connectivity index (χ3n) is 5.44. The van der Waals surface area contributed by atoms with Crippen molar-refractivity contribution in [2.24, 2.45) is 0 Å². The highest BCUT2D eigenvalue weighted by Crippen LogP contribution is 2.33. The number of nitriles is 1. The molecular formula is C21H23N5S. The topological polar surface area (TPSA) is 78.8 Å². The van der Waals surface area contributed by atoms with Crippen LogP contribution in [0.4, 0.5) is 5.82 Å². The molecule has 2 aromatic heterocycles. The average molecular weight is 378 g/mol. The van der Waals surface area contributed by atoms with Crippen LogP contribution in [0.1, 0.15) is 43.6 Å². The van der Waals surface area contributed by atoms with E-state index in [1.54, 1.807) is 23.5 Å². The Balaban J connectivity index is 1.68. The van der Waals surface area contributed by atoms with Crippen LogP contribution in [0.15, 0.2) is 30.3 Å². The van der Waals surface area contributed by atoms with E-state index in [-0.39, 0.29) is 0 Å². The highest BCUT2D eigenvalue weighted by atomic mass is 32.1. The lowest BCUT2D eigenvalue weighted by atomic mass is 9.97. The second-order valence-electron chi connectivity index (χ2n) is 7.36. The summed E-state index contributed by atoms with van der Waals surface area (Å²) in [4.78, 5) is 14.0. The molecular weight excluding hydrogens is 354 g/mol. The number of rotatable bonds is 3. The smallest absolute Gasteiger partial charge is 0.163 e. The predicted octanol–water partition coefficient (Wildman–Crippen LogP) is 4.58. The summed E-state index contributed by atoms with van der Waals surface area (Å²) in [5, 5.41) is 10.0. The zero-order valence-corrected chi connectivity index (χ0v) is 16.5. The number of nitrogens with zero attached hydrogens (tertiary/aromatic N) is 4. The Labute approximate surface area is 163 Å². The van der Waals surface area contributed by atoms with Crippen molar-refractivity contribution < 1.29 is 0 Å². The minimum atomic E-state index is 0.500. The molecule has 27 heavy (non-hydrogen) atoms. The lowest BCUT2D eigenvalue weighted by Gasteiger charge is -2.38. The molecule has 0 radical (unpaired) electrons. The average Bonchev–Trinajstić information content (AvgIpc) is 3.08. The van der Waals surface area contributed by atoms with Crippen molar-refractivity contribution in [3.05, 3.63) is 40.8 Å². The zero-order valence-electron chi connectivity index (χ0n) is 15.6. The molecule has 1 saturated heterocycles. The second kappa shape index (κ2) is 7.26. The maximum atomic E-state index is 9.12. The van der Waals surface area contributed by atoms with Gasteiger partial charge in [-0.3, -0.25) is 4.90 Å². The van der Waals surface area contributed by atoms with E-state index in [4.69, 9.17) is 16.0 Å². The van der Waals surface area contributed by atoms with Gasteiger partial charge in [-0.2, -0.15) is 5.26 Å². The van der Waals surface area contributed by atoms with Gasteiger partial charge in [0.1, 0.15) is 10.6 Å². The van der Waals surface area contributed by atoms with Crippen LogP contribution in [-0.2, 0) is 6.54 Å². The molecule has 1 aliphatic rings. The van der Waals surface area contributed by atoms with Gasteiger partial charge >= 0.3 is 0 Å². The fraction of sp³-hybridized carbons (Fsp3) is 0.381. The molecule has 1 fully saturated rings. The number of hydrogen-bond acceptors (Lipinski definition) is 6. The Morgan fingerprint density at radius 3 is 2.74 bits per heavy atom. The Kier molecular flexibility index (Phi) is 4.81. The third kappa shape index (κ3) is 3.53. The molecule has 2 N–H and O–H groups in total. The summed E-state index contributed by atoms with van der Waals surface area (Å²) in [5.74, 6) is 1.07. The Bertz CT molecular complexity index is 1010. The van der Waals surface area contributed by atoms with Gasteiger partial charge in [0.15, 0.2) is 5.82 Å². The van der Waals surface area contributed by atoms with E-state index in [2.05, 4.69) is 35.9 Å². The Hall–Kier alpha value is -2.49. The molecule has 0 spiro atoms. The second-order valence-corrected chi connectivity index (χ2v) is 8.47. The van der Waals surface area contributed by atoms with Crippen LogP contribution in [-0.4, -0.2) is 27.0 Å². The molecule has 3 aromatic rings. The first-order chi connectivity index (χ1) is 13.0. The van der Waals surface area contributed by atoms with Crippen LogP contribution in [0.5, 0.6) is 0 Å². The van der Waals surface area contributed by atoms with Gasteiger partial charge in [-0.1, -0.05) is 18.6 Å². The van der Waals surface area contributed by atoms with Gasteiger partial charge in [-0.05, 0) is 44.9 Å². The molecule has 0 unspecified atom stereocenters. The van der Waals surface area contributed by atoms with E-state index in [1.807, 2.05) is 12.1 Å². The molecule has 6 heteroatoms. The van der Waals surface area contributed by atoms with Crippen molar-refractivity contribution in [1.82, 2.24) is 14.9 Å². The number of nitrogens with two attached hydrogens (primary N) is 1. The number of nitrogen functional groups attached to an aromatic ring is 1. The van der Waals surface area contributed by atoms with Gasteiger partial charge < -0.3 is 5.73 Å². The fourth-order valence-corrected chi connectivity index (χ4v) is 4.94. The fourth-order valence-electron chi connectivity index (χ4n) is 3.89. The first-order valence-corrected chi connectivity index (χ1v) is 10.2. The van der Waals surface area contributed by atoms with Crippen molar-refractivity contribution in [3.63, 3.8) is 0 Å². The monoisotopic (exact) mass is 377 g/mol. The maximum absolute atomic E-state index is 9.12. The Morgan fingerprint density at radius 2 is 2.00 bits per heavy atom. The highest BCUT2D eigenvalue weighted by Gasteiger charge is 2.25. The molecule has 3 heterocycles. The molecule has 2 atom stereocenters. The first kappa shape index (κ1) is 17.9. The van der Waals surface area contributed by atoms with Crippen LogP contribution in [0.25, 0.3) is 21.6 Å². The van der Waals surface area contributed by atoms with Gasteiger partial charge in [0, 0.05) is 29.1 Å². The minimum absolute atomic E-state index is 0.500. The number of fused-ring (bicyclic) bond motifs is 1. The number of aromatic nitrogens is 2. The largest absolute Gasteiger partial charge is 0.383 e. The molecule has 0 amide bonds. The van der Waals surface area contributed by atoms with E-state index in [0.717, 1.165) is 22.3 Å². The molecule has 5 nitrogen and oxygen atoms in total. The molecule has 0 saturated carbocycles. The predicted molar refractivity (Wildman–Crippen MR) is 110 cm³/mol. The van der Waals surface area contributed by atoms with E-state index in [1.165, 1.54) is 24.1 Å². The summed E-state index contributed by atoms with van der Waals surface area (Å²) in [5.41, 5.74) is 7.65. The number of piperidine rings is 1. The van der Waals surface area contributed by atoms with E-state index in [9.17, 15) is 0 Å². The summed E-state index contributed by atoms with van der Waals surface area (Å²) < 4.78 is 0. The van der Waals surface area contributed by atoms with Gasteiger partial charge in [0.05, 0.1) is 17.0 Å². The van der Waals surface area contributed by atoms with Crippen LogP contribution in [0.3, 0.4) is 0 Å². The van der Waals surface area contributed by atoms with Gasteiger partial charge in [0.2, 0.25) is 0 Å². The maximum Gasteiger partial charge on any atom is 0.163 e. The zero-order chi connectivity index (χ0) is 19.0. The lowest BCUT2D eigenvalue weighted by Crippen LogP contribution is -2.42. The summed E-state index contributed by atoms with van der Waals surface area (Å²) in [6.07, 6.45) is 3.84. The van der Waals surface area contributed by atoms with Crippen LogP contribution in [0, 0.1) is 11.3 Å². The lowest BCUT2D eigenvalue weighted by molar-refractivity contribution is 0.0965. The normalized spacial score (nSPS) is 20.6. The van der Waals surface area contributed by atoms with Crippen molar-refractivity contribution in [3.8, 4) is 17.5 Å². The Morgan fingerprint density at radius 1 is 1.22 bits per heavy atom. The molecule has 0 bridgehead atoms. The molecule has 1 aliphatic heterocycles. The minimum Gasteiger partial charge on any atom is -0.383 e. The summed E-state index contributed by atoms with van der Waals surface area (Å²) in [7, 11) is 0. The van der Waals surface area contributed by atoms with Crippen molar-refractivity contribution in [1.29, 1.82) is 5.26 Å². The van der Waals surface area contributed by atoms with Crippen LogP contribution < -0.4 is 5.73 Å². The number of thiophene rings is 1. The van der Waals surface area contributed by atoms with Crippen LogP contribution in [0.2, 0.25) is 0 Å². The SMILES string of the molecule is C[C@@H]1CCC[C@H](C)N1Cc1cc2c(N)nc(-c3cccc(C#N)c3)nc2s1. The van der Waals surface area contributed by atoms with Crippen LogP contribution >= 0.6 is 11.3 Å².